The first-order chi connectivity index (χ1) is 9.15. The van der Waals surface area contributed by atoms with Crippen molar-refractivity contribution in [3.63, 3.8) is 0 Å². The molecule has 0 aromatic carbocycles. The Morgan fingerprint density at radius 2 is 1.89 bits per heavy atom. The lowest BCUT2D eigenvalue weighted by Gasteiger charge is -2.30. The number of hydrogen-bond acceptors (Lipinski definition) is 3. The van der Waals surface area contributed by atoms with Crippen LogP contribution in [0.1, 0.15) is 52.4 Å². The van der Waals surface area contributed by atoms with Crippen LogP contribution in [0.25, 0.3) is 0 Å². The van der Waals surface area contributed by atoms with Crippen LogP contribution in [-0.4, -0.2) is 37.0 Å². The second-order valence-corrected chi connectivity index (χ2v) is 6.95. The van der Waals surface area contributed by atoms with Crippen LogP contribution in [0.5, 0.6) is 0 Å². The van der Waals surface area contributed by atoms with Gasteiger partial charge in [0, 0.05) is 19.2 Å². The van der Waals surface area contributed by atoms with Gasteiger partial charge in [-0.15, -0.1) is 0 Å². The molecule has 0 radical (unpaired) electrons. The molecule has 112 valence electrons. The standard InChI is InChI=1S/C16H31NO2/c1-12(2)10-19-11-16(18)9-17-15-5-3-4-14(8-15)13-6-7-13/h12-18H,3-11H2,1-2H3. The van der Waals surface area contributed by atoms with Crippen molar-refractivity contribution < 1.29 is 9.84 Å². The molecule has 0 aromatic heterocycles. The quantitative estimate of drug-likeness (QED) is 0.711. The van der Waals surface area contributed by atoms with E-state index in [2.05, 4.69) is 19.2 Å². The molecule has 0 heterocycles. The Hall–Kier alpha value is -0.120. The van der Waals surface area contributed by atoms with Crippen molar-refractivity contribution in [2.75, 3.05) is 19.8 Å². The van der Waals surface area contributed by atoms with Gasteiger partial charge >= 0.3 is 0 Å². The van der Waals surface area contributed by atoms with E-state index >= 15 is 0 Å². The van der Waals surface area contributed by atoms with Crippen molar-refractivity contribution in [1.82, 2.24) is 5.32 Å². The van der Waals surface area contributed by atoms with Gasteiger partial charge in [-0.25, -0.2) is 0 Å². The third-order valence-corrected chi connectivity index (χ3v) is 4.41. The van der Waals surface area contributed by atoms with Gasteiger partial charge in [0.05, 0.1) is 12.7 Å². The Bertz CT molecular complexity index is 253. The minimum atomic E-state index is -0.361. The zero-order valence-electron chi connectivity index (χ0n) is 12.6. The fraction of sp³-hybridized carbons (Fsp3) is 1.00. The van der Waals surface area contributed by atoms with E-state index < -0.39 is 0 Å². The summed E-state index contributed by atoms with van der Waals surface area (Å²) in [6.45, 7) is 6.14. The van der Waals surface area contributed by atoms with Crippen molar-refractivity contribution in [1.29, 1.82) is 0 Å². The van der Waals surface area contributed by atoms with Crippen molar-refractivity contribution in [2.24, 2.45) is 17.8 Å². The topological polar surface area (TPSA) is 41.5 Å². The molecule has 2 fully saturated rings. The molecule has 0 aromatic rings. The van der Waals surface area contributed by atoms with Crippen molar-refractivity contribution >= 4 is 0 Å². The molecule has 3 nitrogen and oxygen atoms in total. The summed E-state index contributed by atoms with van der Waals surface area (Å²) in [5.41, 5.74) is 0. The molecule has 0 saturated heterocycles. The highest BCUT2D eigenvalue weighted by Crippen LogP contribution is 2.43. The summed E-state index contributed by atoms with van der Waals surface area (Å²) in [5.74, 6) is 2.53. The SMILES string of the molecule is CC(C)COCC(O)CNC1CCCC(C2CC2)C1. The van der Waals surface area contributed by atoms with Crippen molar-refractivity contribution in [3.05, 3.63) is 0 Å². The van der Waals surface area contributed by atoms with E-state index in [-0.39, 0.29) is 6.10 Å². The summed E-state index contributed by atoms with van der Waals surface area (Å²) in [6.07, 6.45) is 7.96. The van der Waals surface area contributed by atoms with Crippen LogP contribution in [0.3, 0.4) is 0 Å². The molecule has 0 spiro atoms. The van der Waals surface area contributed by atoms with Gasteiger partial charge in [0.1, 0.15) is 0 Å². The summed E-state index contributed by atoms with van der Waals surface area (Å²) < 4.78 is 5.48. The van der Waals surface area contributed by atoms with Crippen LogP contribution in [0.4, 0.5) is 0 Å². The van der Waals surface area contributed by atoms with Gasteiger partial charge in [0.15, 0.2) is 0 Å². The molecule has 19 heavy (non-hydrogen) atoms. The summed E-state index contributed by atoms with van der Waals surface area (Å²) >= 11 is 0. The molecule has 0 bridgehead atoms. The minimum absolute atomic E-state index is 0.361. The zero-order chi connectivity index (χ0) is 13.7. The number of aliphatic hydroxyl groups excluding tert-OH is 1. The van der Waals surface area contributed by atoms with Crippen molar-refractivity contribution in [3.8, 4) is 0 Å². The van der Waals surface area contributed by atoms with Crippen molar-refractivity contribution in [2.45, 2.75) is 64.5 Å². The minimum Gasteiger partial charge on any atom is -0.389 e. The van der Waals surface area contributed by atoms with Gasteiger partial charge in [0.2, 0.25) is 0 Å². The van der Waals surface area contributed by atoms with Crippen LogP contribution in [-0.2, 0) is 4.74 Å². The molecule has 3 heteroatoms. The van der Waals surface area contributed by atoms with Crippen LogP contribution >= 0.6 is 0 Å². The predicted octanol–water partition coefficient (Wildman–Crippen LogP) is 2.58. The number of nitrogens with one attached hydrogen (secondary N) is 1. The molecule has 3 unspecified atom stereocenters. The Kier molecular flexibility index (Phi) is 6.11. The normalized spacial score (nSPS) is 29.7. The van der Waals surface area contributed by atoms with Gasteiger partial charge in [-0.1, -0.05) is 26.7 Å². The highest BCUT2D eigenvalue weighted by molar-refractivity contribution is 4.88. The zero-order valence-corrected chi connectivity index (χ0v) is 12.6. The predicted molar refractivity (Wildman–Crippen MR) is 78.1 cm³/mol. The molecule has 3 atom stereocenters. The summed E-state index contributed by atoms with van der Waals surface area (Å²) in [5, 5.41) is 13.4. The monoisotopic (exact) mass is 269 g/mol. The Morgan fingerprint density at radius 1 is 1.11 bits per heavy atom. The van der Waals surface area contributed by atoms with E-state index in [1.165, 1.54) is 38.5 Å². The van der Waals surface area contributed by atoms with E-state index in [0.29, 0.717) is 25.1 Å². The molecule has 2 N–H and O–H groups in total. The van der Waals surface area contributed by atoms with E-state index in [1.54, 1.807) is 0 Å². The third-order valence-electron chi connectivity index (χ3n) is 4.41. The highest BCUT2D eigenvalue weighted by atomic mass is 16.5. The largest absolute Gasteiger partial charge is 0.389 e. The fourth-order valence-corrected chi connectivity index (χ4v) is 3.21. The maximum atomic E-state index is 9.89. The van der Waals surface area contributed by atoms with Gasteiger partial charge < -0.3 is 15.2 Å². The second-order valence-electron chi connectivity index (χ2n) is 6.95. The lowest BCUT2D eigenvalue weighted by Crippen LogP contribution is -2.40. The average Bonchev–Trinajstić information content (AvgIpc) is 3.20. The molecule has 2 aliphatic carbocycles. The number of hydrogen-bond donors (Lipinski definition) is 2. The first-order valence-corrected chi connectivity index (χ1v) is 8.14. The summed E-state index contributed by atoms with van der Waals surface area (Å²) in [4.78, 5) is 0. The summed E-state index contributed by atoms with van der Waals surface area (Å²) in [6, 6.07) is 0.624. The van der Waals surface area contributed by atoms with E-state index in [4.69, 9.17) is 4.74 Å². The molecule has 0 amide bonds. The molecule has 0 aliphatic heterocycles. The third kappa shape index (κ3) is 5.80. The fourth-order valence-electron chi connectivity index (χ4n) is 3.21. The summed E-state index contributed by atoms with van der Waals surface area (Å²) in [7, 11) is 0. The van der Waals surface area contributed by atoms with Crippen LogP contribution in [0, 0.1) is 17.8 Å². The molecular weight excluding hydrogens is 238 g/mol. The number of rotatable bonds is 8. The Balaban J connectivity index is 1.56. The van der Waals surface area contributed by atoms with Gasteiger partial charge in [-0.2, -0.15) is 0 Å². The molecule has 2 rings (SSSR count). The lowest BCUT2D eigenvalue weighted by atomic mass is 9.82. The average molecular weight is 269 g/mol. The van der Waals surface area contributed by atoms with Gasteiger partial charge in [-0.05, 0) is 43.4 Å². The number of ether oxygens (including phenoxy) is 1. The lowest BCUT2D eigenvalue weighted by molar-refractivity contribution is 0.0239. The molecular formula is C16H31NO2. The Labute approximate surface area is 118 Å². The highest BCUT2D eigenvalue weighted by Gasteiger charge is 2.34. The second kappa shape index (κ2) is 7.61. The Morgan fingerprint density at radius 3 is 2.58 bits per heavy atom. The number of aliphatic hydroxyl groups is 1. The van der Waals surface area contributed by atoms with Gasteiger partial charge in [-0.3, -0.25) is 0 Å². The first-order valence-electron chi connectivity index (χ1n) is 8.14. The smallest absolute Gasteiger partial charge is 0.0897 e. The van der Waals surface area contributed by atoms with Gasteiger partial charge in [0.25, 0.3) is 0 Å². The van der Waals surface area contributed by atoms with E-state index in [1.807, 2.05) is 0 Å². The van der Waals surface area contributed by atoms with Crippen LogP contribution in [0.15, 0.2) is 0 Å². The van der Waals surface area contributed by atoms with Crippen LogP contribution < -0.4 is 5.32 Å². The maximum absolute atomic E-state index is 9.89. The molecule has 2 aliphatic rings. The van der Waals surface area contributed by atoms with Crippen LogP contribution in [0.2, 0.25) is 0 Å². The van der Waals surface area contributed by atoms with E-state index in [9.17, 15) is 5.11 Å². The molecule has 2 saturated carbocycles. The first kappa shape index (κ1) is 15.3. The van der Waals surface area contributed by atoms with E-state index in [0.717, 1.165) is 18.4 Å². The maximum Gasteiger partial charge on any atom is 0.0897 e.